The number of rotatable bonds is 7. The quantitative estimate of drug-likeness (QED) is 0.459. The molecule has 4 nitrogen and oxygen atoms in total. The average molecular weight is 241 g/mol. The third kappa shape index (κ3) is 6.62. The Kier molecular flexibility index (Phi) is 6.35. The van der Waals surface area contributed by atoms with E-state index in [9.17, 15) is 13.2 Å². The van der Waals surface area contributed by atoms with Crippen molar-refractivity contribution in [1.82, 2.24) is 4.90 Å². The lowest BCUT2D eigenvalue weighted by Gasteiger charge is -2.30. The first-order valence-electron chi connectivity index (χ1n) is 5.04. The standard InChI is InChI=1S/C9H18F3N3O/c1-2-7(5-8(13)14)15(3-4-16)6-9(10,11)12/h7,16H,2-6H2,1H3,(H3,13,14). The lowest BCUT2D eigenvalue weighted by Crippen LogP contribution is -2.44. The van der Waals surface area contributed by atoms with Gasteiger partial charge < -0.3 is 10.8 Å². The van der Waals surface area contributed by atoms with Crippen molar-refractivity contribution in [2.45, 2.75) is 32.0 Å². The second-order valence-electron chi connectivity index (χ2n) is 3.60. The number of hydrogen-bond donors (Lipinski definition) is 3. The monoisotopic (exact) mass is 241 g/mol. The first-order valence-corrected chi connectivity index (χ1v) is 5.04. The molecule has 0 aromatic heterocycles. The van der Waals surface area contributed by atoms with Crippen LogP contribution in [0.4, 0.5) is 13.2 Å². The molecule has 0 bridgehead atoms. The fourth-order valence-corrected chi connectivity index (χ4v) is 1.53. The molecule has 0 saturated heterocycles. The normalized spacial score (nSPS) is 14.1. The predicted molar refractivity (Wildman–Crippen MR) is 55.3 cm³/mol. The summed E-state index contributed by atoms with van der Waals surface area (Å²) in [4.78, 5) is 1.11. The molecule has 0 spiro atoms. The van der Waals surface area contributed by atoms with Crippen molar-refractivity contribution in [3.8, 4) is 0 Å². The highest BCUT2D eigenvalue weighted by molar-refractivity contribution is 5.77. The minimum absolute atomic E-state index is 0.0642. The molecule has 0 radical (unpaired) electrons. The van der Waals surface area contributed by atoms with Crippen LogP contribution in [0.15, 0.2) is 0 Å². The molecule has 1 atom stereocenters. The largest absolute Gasteiger partial charge is 0.401 e. The van der Waals surface area contributed by atoms with Gasteiger partial charge in [0.25, 0.3) is 0 Å². The molecule has 0 aromatic rings. The van der Waals surface area contributed by atoms with Gasteiger partial charge >= 0.3 is 6.18 Å². The third-order valence-corrected chi connectivity index (χ3v) is 2.21. The van der Waals surface area contributed by atoms with Gasteiger partial charge in [0.2, 0.25) is 0 Å². The van der Waals surface area contributed by atoms with E-state index in [1.54, 1.807) is 6.92 Å². The second kappa shape index (κ2) is 6.70. The van der Waals surface area contributed by atoms with Gasteiger partial charge in [0.15, 0.2) is 0 Å². The van der Waals surface area contributed by atoms with E-state index in [2.05, 4.69) is 0 Å². The Morgan fingerprint density at radius 1 is 1.50 bits per heavy atom. The van der Waals surface area contributed by atoms with Gasteiger partial charge in [0.05, 0.1) is 19.0 Å². The number of nitrogens with zero attached hydrogens (tertiary/aromatic N) is 1. The topological polar surface area (TPSA) is 73.3 Å². The lowest BCUT2D eigenvalue weighted by atomic mass is 10.1. The molecule has 1 unspecified atom stereocenters. The number of aliphatic hydroxyl groups excluding tert-OH is 1. The zero-order chi connectivity index (χ0) is 12.8. The number of nitrogens with one attached hydrogen (secondary N) is 1. The number of alkyl halides is 3. The fraction of sp³-hybridized carbons (Fsp3) is 0.889. The highest BCUT2D eigenvalue weighted by Crippen LogP contribution is 2.19. The zero-order valence-electron chi connectivity index (χ0n) is 9.22. The van der Waals surface area contributed by atoms with E-state index in [0.717, 1.165) is 4.90 Å². The van der Waals surface area contributed by atoms with Crippen molar-refractivity contribution in [3.63, 3.8) is 0 Å². The summed E-state index contributed by atoms with van der Waals surface area (Å²) < 4.78 is 36.8. The van der Waals surface area contributed by atoms with Crippen LogP contribution < -0.4 is 5.73 Å². The molecule has 4 N–H and O–H groups in total. The van der Waals surface area contributed by atoms with Crippen molar-refractivity contribution in [3.05, 3.63) is 0 Å². The molecule has 0 rings (SSSR count). The fourth-order valence-electron chi connectivity index (χ4n) is 1.53. The molecule has 0 aliphatic rings. The Morgan fingerprint density at radius 2 is 2.06 bits per heavy atom. The van der Waals surface area contributed by atoms with Crippen LogP contribution in [0.2, 0.25) is 0 Å². The first-order chi connectivity index (χ1) is 7.30. The van der Waals surface area contributed by atoms with Crippen LogP contribution in [-0.2, 0) is 0 Å². The van der Waals surface area contributed by atoms with Crippen LogP contribution >= 0.6 is 0 Å². The van der Waals surface area contributed by atoms with Crippen LogP contribution in [0.25, 0.3) is 0 Å². The van der Waals surface area contributed by atoms with Gasteiger partial charge in [-0.15, -0.1) is 0 Å². The maximum atomic E-state index is 12.3. The molecule has 7 heteroatoms. The molecule has 0 fully saturated rings. The van der Waals surface area contributed by atoms with Crippen LogP contribution in [0, 0.1) is 5.41 Å². The SMILES string of the molecule is CCC(CC(=N)N)N(CCO)CC(F)(F)F. The Morgan fingerprint density at radius 3 is 2.38 bits per heavy atom. The van der Waals surface area contributed by atoms with E-state index in [0.29, 0.717) is 6.42 Å². The predicted octanol–water partition coefficient (Wildman–Crippen LogP) is 0.948. The molecular weight excluding hydrogens is 223 g/mol. The molecular formula is C9H18F3N3O. The molecule has 0 aliphatic heterocycles. The van der Waals surface area contributed by atoms with Gasteiger partial charge in [-0.25, -0.2) is 0 Å². The zero-order valence-corrected chi connectivity index (χ0v) is 9.22. The number of hydrogen-bond acceptors (Lipinski definition) is 3. The van der Waals surface area contributed by atoms with E-state index < -0.39 is 18.8 Å². The molecule has 0 amide bonds. The Labute approximate surface area is 92.7 Å². The van der Waals surface area contributed by atoms with Crippen molar-refractivity contribution in [2.75, 3.05) is 19.7 Å². The van der Waals surface area contributed by atoms with E-state index >= 15 is 0 Å². The van der Waals surface area contributed by atoms with Crippen molar-refractivity contribution >= 4 is 5.84 Å². The van der Waals surface area contributed by atoms with E-state index in [1.165, 1.54) is 0 Å². The smallest absolute Gasteiger partial charge is 0.395 e. The summed E-state index contributed by atoms with van der Waals surface area (Å²) in [5.41, 5.74) is 5.18. The van der Waals surface area contributed by atoms with Crippen LogP contribution in [0.3, 0.4) is 0 Å². The van der Waals surface area contributed by atoms with E-state index in [-0.39, 0.29) is 25.4 Å². The molecule has 16 heavy (non-hydrogen) atoms. The maximum absolute atomic E-state index is 12.3. The van der Waals surface area contributed by atoms with Crippen LogP contribution in [0.5, 0.6) is 0 Å². The Hall–Kier alpha value is -0.820. The van der Waals surface area contributed by atoms with Crippen molar-refractivity contribution in [1.29, 1.82) is 5.41 Å². The summed E-state index contributed by atoms with van der Waals surface area (Å²) in [5, 5.41) is 15.8. The first kappa shape index (κ1) is 15.2. The lowest BCUT2D eigenvalue weighted by molar-refractivity contribution is -0.151. The molecule has 0 saturated carbocycles. The molecule has 0 aliphatic carbocycles. The Balaban J connectivity index is 4.51. The second-order valence-corrected chi connectivity index (χ2v) is 3.60. The number of aliphatic hydroxyl groups is 1. The summed E-state index contributed by atoms with van der Waals surface area (Å²) in [6.07, 6.45) is -3.76. The average Bonchev–Trinajstić information content (AvgIpc) is 2.11. The highest BCUT2D eigenvalue weighted by atomic mass is 19.4. The maximum Gasteiger partial charge on any atom is 0.401 e. The molecule has 0 heterocycles. The number of nitrogens with two attached hydrogens (primary N) is 1. The highest BCUT2D eigenvalue weighted by Gasteiger charge is 2.33. The van der Waals surface area contributed by atoms with Gasteiger partial charge in [-0.1, -0.05) is 6.92 Å². The molecule has 96 valence electrons. The summed E-state index contributed by atoms with van der Waals surface area (Å²) in [6.45, 7) is 0.240. The van der Waals surface area contributed by atoms with Gasteiger partial charge in [-0.05, 0) is 6.42 Å². The minimum atomic E-state index is -4.31. The summed E-state index contributed by atoms with van der Waals surface area (Å²) >= 11 is 0. The number of amidine groups is 1. The van der Waals surface area contributed by atoms with Gasteiger partial charge in [0.1, 0.15) is 0 Å². The summed E-state index contributed by atoms with van der Waals surface area (Å²) in [7, 11) is 0. The summed E-state index contributed by atoms with van der Waals surface area (Å²) in [6, 6.07) is -0.453. The van der Waals surface area contributed by atoms with E-state index in [4.69, 9.17) is 16.2 Å². The van der Waals surface area contributed by atoms with Gasteiger partial charge in [-0.2, -0.15) is 13.2 Å². The number of halogens is 3. The van der Waals surface area contributed by atoms with E-state index in [1.807, 2.05) is 0 Å². The van der Waals surface area contributed by atoms with Crippen molar-refractivity contribution < 1.29 is 18.3 Å². The summed E-state index contributed by atoms with van der Waals surface area (Å²) in [5.74, 6) is -0.142. The Bertz CT molecular complexity index is 221. The van der Waals surface area contributed by atoms with Crippen LogP contribution in [-0.4, -0.2) is 47.8 Å². The van der Waals surface area contributed by atoms with Crippen LogP contribution in [0.1, 0.15) is 19.8 Å². The molecule has 0 aromatic carbocycles. The van der Waals surface area contributed by atoms with Gasteiger partial charge in [-0.3, -0.25) is 10.3 Å². The van der Waals surface area contributed by atoms with Gasteiger partial charge in [0, 0.05) is 19.0 Å². The third-order valence-electron chi connectivity index (χ3n) is 2.21. The van der Waals surface area contributed by atoms with Crippen molar-refractivity contribution in [2.24, 2.45) is 5.73 Å². The minimum Gasteiger partial charge on any atom is -0.395 e.